The molecule has 6 heteroatoms. The first kappa shape index (κ1) is 14.1. The molecule has 0 saturated heterocycles. The summed E-state index contributed by atoms with van der Waals surface area (Å²) in [5, 5.41) is 2.50. The normalized spacial score (nSPS) is 15.8. The fraction of sp³-hybridized carbons (Fsp3) is 0.667. The largest absolute Gasteiger partial charge is 0.346 e. The molecule has 0 heterocycles. The van der Waals surface area contributed by atoms with Crippen molar-refractivity contribution in [2.24, 2.45) is 5.92 Å². The van der Waals surface area contributed by atoms with E-state index < -0.39 is 27.3 Å². The quantitative estimate of drug-likeness (QED) is 0.539. The van der Waals surface area contributed by atoms with Gasteiger partial charge in [-0.15, -0.1) is 0 Å². The monoisotopic (exact) mass is 235 g/mol. The second kappa shape index (κ2) is 4.76. The van der Waals surface area contributed by atoms with E-state index in [2.05, 4.69) is 11.9 Å². The molecule has 0 aromatic rings. The van der Waals surface area contributed by atoms with Crippen LogP contribution in [0.2, 0.25) is 0 Å². The number of amides is 1. The molecule has 1 unspecified atom stereocenters. The third-order valence-electron chi connectivity index (χ3n) is 2.35. The minimum Gasteiger partial charge on any atom is -0.346 e. The Morgan fingerprint density at radius 2 is 2.07 bits per heavy atom. The fourth-order valence-electron chi connectivity index (χ4n) is 1.06. The molecule has 0 aromatic heterocycles. The number of rotatable bonds is 5. The van der Waals surface area contributed by atoms with Gasteiger partial charge in [-0.25, -0.2) is 0 Å². The maximum atomic E-state index is 11.1. The Morgan fingerprint density at radius 3 is 2.33 bits per heavy atom. The Kier molecular flexibility index (Phi) is 4.48. The van der Waals surface area contributed by atoms with Crippen LogP contribution in [-0.4, -0.2) is 30.2 Å². The lowest BCUT2D eigenvalue weighted by Gasteiger charge is -2.33. The van der Waals surface area contributed by atoms with Gasteiger partial charge in [0, 0.05) is 0 Å². The van der Waals surface area contributed by atoms with E-state index in [1.165, 1.54) is 0 Å². The molecule has 5 nitrogen and oxygen atoms in total. The summed E-state index contributed by atoms with van der Waals surface area (Å²) in [6.07, 6.45) is 1.06. The Labute approximate surface area is 90.3 Å². The van der Waals surface area contributed by atoms with E-state index >= 15 is 0 Å². The van der Waals surface area contributed by atoms with Gasteiger partial charge in [0.25, 0.3) is 10.1 Å². The van der Waals surface area contributed by atoms with Crippen molar-refractivity contribution in [3.8, 4) is 0 Å². The highest BCUT2D eigenvalue weighted by molar-refractivity contribution is 7.85. The third kappa shape index (κ3) is 4.94. The average Bonchev–Trinajstić information content (AvgIpc) is 2.00. The molecule has 0 radical (unpaired) electrons. The van der Waals surface area contributed by atoms with E-state index in [4.69, 9.17) is 4.55 Å². The van der Waals surface area contributed by atoms with Crippen LogP contribution in [0.15, 0.2) is 12.7 Å². The molecule has 0 aliphatic heterocycles. The summed E-state index contributed by atoms with van der Waals surface area (Å²) in [5.74, 6) is -1.12. The van der Waals surface area contributed by atoms with Crippen molar-refractivity contribution in [2.45, 2.75) is 26.3 Å². The molecule has 0 bridgehead atoms. The summed E-state index contributed by atoms with van der Waals surface area (Å²) >= 11 is 0. The smallest absolute Gasteiger partial charge is 0.267 e. The molecule has 2 N–H and O–H groups in total. The predicted molar refractivity (Wildman–Crippen MR) is 58.0 cm³/mol. The van der Waals surface area contributed by atoms with Gasteiger partial charge in [0.05, 0.1) is 11.3 Å². The molecule has 1 atom stereocenters. The van der Waals surface area contributed by atoms with Crippen LogP contribution < -0.4 is 5.32 Å². The highest BCUT2D eigenvalue weighted by Gasteiger charge is 2.34. The molecule has 0 aliphatic carbocycles. The Balaban J connectivity index is 4.91. The van der Waals surface area contributed by atoms with Crippen molar-refractivity contribution in [2.75, 3.05) is 5.75 Å². The van der Waals surface area contributed by atoms with E-state index in [9.17, 15) is 13.2 Å². The highest BCUT2D eigenvalue weighted by Crippen LogP contribution is 2.18. The summed E-state index contributed by atoms with van der Waals surface area (Å²) in [4.78, 5) is 11.1. The lowest BCUT2D eigenvalue weighted by Crippen LogP contribution is -2.54. The minimum absolute atomic E-state index is 0.136. The maximum absolute atomic E-state index is 11.1. The minimum atomic E-state index is -4.13. The zero-order valence-electron chi connectivity index (χ0n) is 9.15. The number of carbonyl (C=O) groups is 1. The molecule has 1 amide bonds. The third-order valence-corrected chi connectivity index (χ3v) is 3.32. The van der Waals surface area contributed by atoms with E-state index in [0.717, 1.165) is 6.08 Å². The molecule has 0 rings (SSSR count). The van der Waals surface area contributed by atoms with Crippen LogP contribution in [0.4, 0.5) is 0 Å². The van der Waals surface area contributed by atoms with Crippen LogP contribution in [0.1, 0.15) is 20.8 Å². The van der Waals surface area contributed by atoms with E-state index in [-0.39, 0.29) is 5.92 Å². The molecule has 15 heavy (non-hydrogen) atoms. The first-order chi connectivity index (χ1) is 6.60. The van der Waals surface area contributed by atoms with Crippen LogP contribution in [0.3, 0.4) is 0 Å². The van der Waals surface area contributed by atoms with Gasteiger partial charge in [0.1, 0.15) is 0 Å². The first-order valence-electron chi connectivity index (χ1n) is 4.50. The van der Waals surface area contributed by atoms with E-state index in [0.29, 0.717) is 0 Å². The molecular weight excluding hydrogens is 218 g/mol. The van der Waals surface area contributed by atoms with Crippen LogP contribution in [0.5, 0.6) is 0 Å². The Morgan fingerprint density at radius 1 is 1.60 bits per heavy atom. The van der Waals surface area contributed by atoms with Gasteiger partial charge in [0.15, 0.2) is 0 Å². The van der Waals surface area contributed by atoms with Gasteiger partial charge in [-0.3, -0.25) is 9.35 Å². The number of carbonyl (C=O) groups excluding carboxylic acids is 1. The molecule has 0 aromatic carbocycles. The second-order valence-corrected chi connectivity index (χ2v) is 5.44. The number of hydrogen-bond donors (Lipinski definition) is 2. The number of nitrogens with one attached hydrogen (secondary N) is 1. The fourth-order valence-corrected chi connectivity index (χ4v) is 2.22. The van der Waals surface area contributed by atoms with E-state index in [1.807, 2.05) is 0 Å². The summed E-state index contributed by atoms with van der Waals surface area (Å²) in [5.41, 5.74) is -1.00. The maximum Gasteiger partial charge on any atom is 0.267 e. The van der Waals surface area contributed by atoms with Crippen molar-refractivity contribution in [1.82, 2.24) is 5.32 Å². The zero-order valence-corrected chi connectivity index (χ0v) is 9.97. The lowest BCUT2D eigenvalue weighted by atomic mass is 9.90. The summed E-state index contributed by atoms with van der Waals surface area (Å²) in [6.45, 7) is 8.36. The summed E-state index contributed by atoms with van der Waals surface area (Å²) < 4.78 is 30.4. The standard InChI is InChI=1S/C9H17NO4S/c1-5-8(11)10-9(4,7(2)3)6-15(12,13)14/h5,7H,1,6H2,2-4H3,(H,10,11)(H,12,13,14). The van der Waals surface area contributed by atoms with Crippen LogP contribution in [-0.2, 0) is 14.9 Å². The molecule has 0 aliphatic rings. The average molecular weight is 235 g/mol. The van der Waals surface area contributed by atoms with Gasteiger partial charge in [-0.1, -0.05) is 20.4 Å². The summed E-state index contributed by atoms with van der Waals surface area (Å²) in [6, 6.07) is 0. The van der Waals surface area contributed by atoms with Gasteiger partial charge in [-0.05, 0) is 18.9 Å². The van der Waals surface area contributed by atoms with Crippen molar-refractivity contribution in [1.29, 1.82) is 0 Å². The Hall–Kier alpha value is -0.880. The summed E-state index contributed by atoms with van der Waals surface area (Å²) in [7, 11) is -4.13. The second-order valence-electron chi connectivity index (χ2n) is 3.99. The van der Waals surface area contributed by atoms with Crippen LogP contribution >= 0.6 is 0 Å². The molecule has 0 saturated carbocycles. The van der Waals surface area contributed by atoms with Gasteiger partial charge >= 0.3 is 0 Å². The van der Waals surface area contributed by atoms with E-state index in [1.54, 1.807) is 20.8 Å². The molecule has 88 valence electrons. The van der Waals surface area contributed by atoms with Gasteiger partial charge in [-0.2, -0.15) is 8.42 Å². The van der Waals surface area contributed by atoms with Gasteiger partial charge < -0.3 is 5.32 Å². The SMILES string of the molecule is C=CC(=O)NC(C)(CS(=O)(=O)O)C(C)C. The Bertz CT molecular complexity index is 347. The molecule has 0 spiro atoms. The van der Waals surface area contributed by atoms with Crippen LogP contribution in [0.25, 0.3) is 0 Å². The van der Waals surface area contributed by atoms with Gasteiger partial charge in [0.2, 0.25) is 5.91 Å². The van der Waals surface area contributed by atoms with Crippen molar-refractivity contribution in [3.63, 3.8) is 0 Å². The van der Waals surface area contributed by atoms with Crippen molar-refractivity contribution >= 4 is 16.0 Å². The lowest BCUT2D eigenvalue weighted by molar-refractivity contribution is -0.118. The molecular formula is C9H17NO4S. The molecule has 0 fully saturated rings. The predicted octanol–water partition coefficient (Wildman–Crippen LogP) is 0.591. The zero-order chi connectivity index (χ0) is 12.3. The first-order valence-corrected chi connectivity index (χ1v) is 6.11. The number of hydrogen-bond acceptors (Lipinski definition) is 3. The van der Waals surface area contributed by atoms with Crippen molar-refractivity contribution < 1.29 is 17.8 Å². The topological polar surface area (TPSA) is 83.5 Å². The van der Waals surface area contributed by atoms with Crippen LogP contribution in [0, 0.1) is 5.92 Å². The van der Waals surface area contributed by atoms with Crippen molar-refractivity contribution in [3.05, 3.63) is 12.7 Å². The highest BCUT2D eigenvalue weighted by atomic mass is 32.2.